The number of hydrogen-bond donors (Lipinski definition) is 1. The summed E-state index contributed by atoms with van der Waals surface area (Å²) in [6, 6.07) is 8.13. The van der Waals surface area contributed by atoms with Crippen LogP contribution in [0.25, 0.3) is 10.9 Å². The average Bonchev–Trinajstić information content (AvgIpc) is 3.07. The van der Waals surface area contributed by atoms with Crippen molar-refractivity contribution in [3.05, 3.63) is 36.0 Å². The standard InChI is InChI=1S/C20H27N3O3/c1-15(2)14-26-20(25)23-11-9-22(10-12-23)19(24)8-7-16-13-21-18-6-4-3-5-17(16)18/h3-6,13,15,21H,7-12,14H2,1-2H3. The number of piperazine rings is 1. The average molecular weight is 357 g/mol. The molecule has 26 heavy (non-hydrogen) atoms. The molecule has 1 fully saturated rings. The van der Waals surface area contributed by atoms with Gasteiger partial charge in [-0.1, -0.05) is 32.0 Å². The van der Waals surface area contributed by atoms with Crippen LogP contribution < -0.4 is 0 Å². The number of ether oxygens (including phenoxy) is 1. The molecule has 1 N–H and O–H groups in total. The molecule has 0 saturated carbocycles. The Morgan fingerprint density at radius 1 is 1.12 bits per heavy atom. The van der Waals surface area contributed by atoms with Crippen molar-refractivity contribution in [3.8, 4) is 0 Å². The van der Waals surface area contributed by atoms with E-state index in [0.29, 0.717) is 45.1 Å². The van der Waals surface area contributed by atoms with Gasteiger partial charge in [0.2, 0.25) is 5.91 Å². The zero-order valence-corrected chi connectivity index (χ0v) is 15.5. The second kappa shape index (κ2) is 8.25. The van der Waals surface area contributed by atoms with E-state index in [0.717, 1.165) is 11.9 Å². The third kappa shape index (κ3) is 4.36. The van der Waals surface area contributed by atoms with Gasteiger partial charge in [0.15, 0.2) is 0 Å². The topological polar surface area (TPSA) is 65.6 Å². The van der Waals surface area contributed by atoms with Crippen molar-refractivity contribution in [2.45, 2.75) is 26.7 Å². The number of nitrogens with zero attached hydrogens (tertiary/aromatic N) is 2. The molecule has 1 aliphatic heterocycles. The second-order valence-electron chi connectivity index (χ2n) is 7.20. The predicted octanol–water partition coefficient (Wildman–Crippen LogP) is 3.04. The van der Waals surface area contributed by atoms with Crippen LogP contribution >= 0.6 is 0 Å². The highest BCUT2D eigenvalue weighted by molar-refractivity contribution is 5.84. The Labute approximate surface area is 154 Å². The van der Waals surface area contributed by atoms with Crippen molar-refractivity contribution in [1.82, 2.24) is 14.8 Å². The molecule has 1 aromatic heterocycles. The van der Waals surface area contributed by atoms with Crippen molar-refractivity contribution in [3.63, 3.8) is 0 Å². The SMILES string of the molecule is CC(C)COC(=O)N1CCN(C(=O)CCc2c[nH]c3ccccc23)CC1. The number of aryl methyl sites for hydroxylation is 1. The Hall–Kier alpha value is -2.50. The molecule has 140 valence electrons. The molecule has 1 aliphatic rings. The van der Waals surface area contributed by atoms with Gasteiger partial charge in [-0.2, -0.15) is 0 Å². The highest BCUT2D eigenvalue weighted by Crippen LogP contribution is 2.19. The number of H-pyrrole nitrogens is 1. The lowest BCUT2D eigenvalue weighted by Crippen LogP contribution is -2.50. The molecule has 0 unspecified atom stereocenters. The lowest BCUT2D eigenvalue weighted by atomic mass is 10.1. The third-order valence-corrected chi connectivity index (χ3v) is 4.71. The van der Waals surface area contributed by atoms with Crippen LogP contribution in [-0.2, 0) is 16.0 Å². The van der Waals surface area contributed by atoms with Crippen LogP contribution in [0.4, 0.5) is 4.79 Å². The highest BCUT2D eigenvalue weighted by Gasteiger charge is 2.25. The molecule has 2 amide bonds. The summed E-state index contributed by atoms with van der Waals surface area (Å²) in [7, 11) is 0. The van der Waals surface area contributed by atoms with E-state index in [1.54, 1.807) is 4.90 Å². The number of nitrogens with one attached hydrogen (secondary N) is 1. The Kier molecular flexibility index (Phi) is 5.81. The minimum atomic E-state index is -0.274. The van der Waals surface area contributed by atoms with Gasteiger partial charge in [-0.05, 0) is 24.0 Å². The molecule has 2 aromatic rings. The van der Waals surface area contributed by atoms with Crippen molar-refractivity contribution < 1.29 is 14.3 Å². The molecule has 0 radical (unpaired) electrons. The monoisotopic (exact) mass is 357 g/mol. The summed E-state index contributed by atoms with van der Waals surface area (Å²) >= 11 is 0. The van der Waals surface area contributed by atoms with Gasteiger partial charge in [-0.25, -0.2) is 4.79 Å². The van der Waals surface area contributed by atoms with E-state index in [2.05, 4.69) is 11.1 Å². The van der Waals surface area contributed by atoms with Crippen molar-refractivity contribution >= 4 is 22.9 Å². The summed E-state index contributed by atoms with van der Waals surface area (Å²) in [5, 5.41) is 1.18. The molecular weight excluding hydrogens is 330 g/mol. The summed E-state index contributed by atoms with van der Waals surface area (Å²) in [6.07, 6.45) is 2.92. The van der Waals surface area contributed by atoms with Gasteiger partial charge in [0.25, 0.3) is 0 Å². The fraction of sp³-hybridized carbons (Fsp3) is 0.500. The highest BCUT2D eigenvalue weighted by atomic mass is 16.6. The maximum absolute atomic E-state index is 12.5. The van der Waals surface area contributed by atoms with Crippen LogP contribution in [-0.4, -0.2) is 59.6 Å². The van der Waals surface area contributed by atoms with E-state index in [1.807, 2.05) is 43.1 Å². The van der Waals surface area contributed by atoms with Crippen LogP contribution in [0.3, 0.4) is 0 Å². The Morgan fingerprint density at radius 2 is 1.81 bits per heavy atom. The van der Waals surface area contributed by atoms with Crippen molar-refractivity contribution in [2.24, 2.45) is 5.92 Å². The zero-order valence-electron chi connectivity index (χ0n) is 15.5. The number of amides is 2. The zero-order chi connectivity index (χ0) is 18.5. The summed E-state index contributed by atoms with van der Waals surface area (Å²) < 4.78 is 5.26. The van der Waals surface area contributed by atoms with E-state index >= 15 is 0 Å². The van der Waals surface area contributed by atoms with Gasteiger partial charge in [0.1, 0.15) is 0 Å². The van der Waals surface area contributed by atoms with Gasteiger partial charge >= 0.3 is 6.09 Å². The molecular formula is C20H27N3O3. The van der Waals surface area contributed by atoms with Crippen LogP contribution in [0.15, 0.2) is 30.5 Å². The molecule has 0 spiro atoms. The number of benzene rings is 1. The number of para-hydroxylation sites is 1. The first-order valence-corrected chi connectivity index (χ1v) is 9.29. The van der Waals surface area contributed by atoms with Gasteiger partial charge in [0.05, 0.1) is 6.61 Å². The van der Waals surface area contributed by atoms with Crippen LogP contribution in [0.1, 0.15) is 25.8 Å². The Bertz CT molecular complexity index is 761. The molecule has 0 bridgehead atoms. The maximum atomic E-state index is 12.5. The smallest absolute Gasteiger partial charge is 0.409 e. The molecule has 0 aliphatic carbocycles. The fourth-order valence-corrected chi connectivity index (χ4v) is 3.21. The fourth-order valence-electron chi connectivity index (χ4n) is 3.21. The predicted molar refractivity (Wildman–Crippen MR) is 101 cm³/mol. The van der Waals surface area contributed by atoms with E-state index < -0.39 is 0 Å². The number of fused-ring (bicyclic) bond motifs is 1. The number of carbonyl (C=O) groups excluding carboxylic acids is 2. The van der Waals surface area contributed by atoms with Crippen LogP contribution in [0.5, 0.6) is 0 Å². The number of hydrogen-bond acceptors (Lipinski definition) is 3. The molecule has 2 heterocycles. The van der Waals surface area contributed by atoms with Crippen LogP contribution in [0.2, 0.25) is 0 Å². The summed E-state index contributed by atoms with van der Waals surface area (Å²) in [4.78, 5) is 31.3. The lowest BCUT2D eigenvalue weighted by molar-refractivity contribution is -0.132. The molecule has 0 atom stereocenters. The number of aromatic amines is 1. The molecule has 3 rings (SSSR count). The van der Waals surface area contributed by atoms with E-state index in [4.69, 9.17) is 4.74 Å². The summed E-state index contributed by atoms with van der Waals surface area (Å²) in [5.41, 5.74) is 2.27. The first-order chi connectivity index (χ1) is 12.5. The van der Waals surface area contributed by atoms with Crippen molar-refractivity contribution in [2.75, 3.05) is 32.8 Å². The quantitative estimate of drug-likeness (QED) is 0.894. The van der Waals surface area contributed by atoms with E-state index in [1.165, 1.54) is 10.9 Å². The molecule has 6 nitrogen and oxygen atoms in total. The molecule has 1 saturated heterocycles. The summed E-state index contributed by atoms with van der Waals surface area (Å²) in [6.45, 7) is 6.68. The third-order valence-electron chi connectivity index (χ3n) is 4.71. The largest absolute Gasteiger partial charge is 0.449 e. The normalized spacial score (nSPS) is 14.9. The Morgan fingerprint density at radius 3 is 2.54 bits per heavy atom. The first kappa shape index (κ1) is 18.3. The van der Waals surface area contributed by atoms with Gasteiger partial charge < -0.3 is 19.5 Å². The maximum Gasteiger partial charge on any atom is 0.409 e. The Balaban J connectivity index is 1.46. The summed E-state index contributed by atoms with van der Waals surface area (Å²) in [5.74, 6) is 0.469. The van der Waals surface area contributed by atoms with Crippen LogP contribution in [0, 0.1) is 5.92 Å². The number of aromatic nitrogens is 1. The lowest BCUT2D eigenvalue weighted by Gasteiger charge is -2.34. The van der Waals surface area contributed by atoms with E-state index in [9.17, 15) is 9.59 Å². The van der Waals surface area contributed by atoms with Gasteiger partial charge in [-0.3, -0.25) is 4.79 Å². The van der Waals surface area contributed by atoms with Crippen molar-refractivity contribution in [1.29, 1.82) is 0 Å². The molecule has 6 heteroatoms. The number of carbonyl (C=O) groups is 2. The first-order valence-electron chi connectivity index (χ1n) is 9.29. The van der Waals surface area contributed by atoms with E-state index in [-0.39, 0.29) is 12.0 Å². The second-order valence-corrected chi connectivity index (χ2v) is 7.20. The van der Waals surface area contributed by atoms with Gasteiger partial charge in [0, 0.05) is 49.7 Å². The van der Waals surface area contributed by atoms with Gasteiger partial charge in [-0.15, -0.1) is 0 Å². The molecule has 1 aromatic carbocycles. The number of rotatable bonds is 5. The minimum absolute atomic E-state index is 0.144. The minimum Gasteiger partial charge on any atom is -0.449 e.